The number of carboxylic acids is 1. The number of aliphatic carboxylic acids is 1. The minimum Gasteiger partial charge on any atom is -0.480 e. The average molecular weight is 876 g/mol. The Morgan fingerprint density at radius 1 is 0.467 bits per heavy atom. The van der Waals surface area contributed by atoms with Gasteiger partial charge in [-0.15, -0.1) is 0 Å². The number of aliphatic hydroxyl groups is 1. The lowest BCUT2D eigenvalue weighted by molar-refractivity contribution is -0.147. The molecule has 0 aliphatic heterocycles. The SMILES string of the molecule is CCCCCCCCCCCCCCCCCCCCCCCCCCC(=O)OCC(O)COP(=O)(O)OCC(NC(=O)CCCCCCCCCCCCCC)C(=O)O. The van der Waals surface area contributed by atoms with E-state index in [9.17, 15) is 34.1 Å². The summed E-state index contributed by atoms with van der Waals surface area (Å²) in [6.07, 6.45) is 44.3. The van der Waals surface area contributed by atoms with Gasteiger partial charge in [-0.2, -0.15) is 0 Å². The predicted octanol–water partition coefficient (Wildman–Crippen LogP) is 13.5. The summed E-state index contributed by atoms with van der Waals surface area (Å²) in [5.41, 5.74) is 0. The highest BCUT2D eigenvalue weighted by Gasteiger charge is 2.28. The maximum Gasteiger partial charge on any atom is 0.472 e. The quantitative estimate of drug-likeness (QED) is 0.0262. The zero-order valence-corrected chi connectivity index (χ0v) is 39.7. The Labute approximate surface area is 367 Å². The lowest BCUT2D eigenvalue weighted by Gasteiger charge is -2.18. The number of rotatable bonds is 48. The van der Waals surface area contributed by atoms with E-state index in [0.29, 0.717) is 12.8 Å². The molecule has 0 saturated heterocycles. The first-order valence-corrected chi connectivity index (χ1v) is 26.6. The lowest BCUT2D eigenvalue weighted by Crippen LogP contribution is -2.43. The highest BCUT2D eigenvalue weighted by atomic mass is 31.2. The molecule has 3 atom stereocenters. The number of hydrogen-bond acceptors (Lipinski definition) is 8. The van der Waals surface area contributed by atoms with Crippen LogP contribution in [0.3, 0.4) is 0 Å². The second-order valence-electron chi connectivity index (χ2n) is 17.4. The molecule has 0 saturated carbocycles. The topological polar surface area (TPSA) is 169 Å². The molecule has 0 aromatic heterocycles. The second-order valence-corrected chi connectivity index (χ2v) is 18.8. The van der Waals surface area contributed by atoms with Crippen molar-refractivity contribution in [2.75, 3.05) is 19.8 Å². The summed E-state index contributed by atoms with van der Waals surface area (Å²) >= 11 is 0. The highest BCUT2D eigenvalue weighted by Crippen LogP contribution is 2.43. The molecule has 0 bridgehead atoms. The third kappa shape index (κ3) is 43.1. The van der Waals surface area contributed by atoms with Gasteiger partial charge in [0.25, 0.3) is 0 Å². The van der Waals surface area contributed by atoms with E-state index in [4.69, 9.17) is 13.8 Å². The first-order valence-electron chi connectivity index (χ1n) is 25.1. The van der Waals surface area contributed by atoms with Gasteiger partial charge >= 0.3 is 19.8 Å². The Morgan fingerprint density at radius 2 is 0.767 bits per heavy atom. The van der Waals surface area contributed by atoms with Crippen molar-refractivity contribution in [1.82, 2.24) is 5.32 Å². The number of amides is 1. The van der Waals surface area contributed by atoms with Crippen LogP contribution in [0.2, 0.25) is 0 Å². The molecular weight excluding hydrogens is 781 g/mol. The molecule has 0 aromatic carbocycles. The number of unbranched alkanes of at least 4 members (excludes halogenated alkanes) is 34. The molecule has 0 spiro atoms. The van der Waals surface area contributed by atoms with Crippen LogP contribution in [0.1, 0.15) is 258 Å². The van der Waals surface area contributed by atoms with Gasteiger partial charge in [0, 0.05) is 12.8 Å². The van der Waals surface area contributed by atoms with E-state index < -0.39 is 57.6 Å². The van der Waals surface area contributed by atoms with Crippen molar-refractivity contribution in [3.63, 3.8) is 0 Å². The van der Waals surface area contributed by atoms with Crippen LogP contribution in [0, 0.1) is 0 Å². The largest absolute Gasteiger partial charge is 0.480 e. The fourth-order valence-electron chi connectivity index (χ4n) is 7.50. The molecule has 11 nitrogen and oxygen atoms in total. The second kappa shape index (κ2) is 44.1. The average Bonchev–Trinajstić information content (AvgIpc) is 3.22. The number of hydrogen-bond donors (Lipinski definition) is 4. The number of phosphoric ester groups is 1. The molecule has 1 amide bonds. The molecule has 0 aliphatic rings. The van der Waals surface area contributed by atoms with Crippen LogP contribution in [0.5, 0.6) is 0 Å². The van der Waals surface area contributed by atoms with Gasteiger partial charge in [0.05, 0.1) is 13.2 Å². The Kier molecular flexibility index (Phi) is 43.0. The van der Waals surface area contributed by atoms with Gasteiger partial charge < -0.3 is 25.2 Å². The van der Waals surface area contributed by atoms with E-state index in [1.54, 1.807) is 0 Å². The zero-order valence-electron chi connectivity index (χ0n) is 38.8. The number of carboxylic acid groups (broad SMARTS) is 1. The first kappa shape index (κ1) is 58.5. The molecule has 4 N–H and O–H groups in total. The molecule has 0 radical (unpaired) electrons. The summed E-state index contributed by atoms with van der Waals surface area (Å²) in [7, 11) is -4.75. The Hall–Kier alpha value is -1.52. The maximum atomic E-state index is 12.3. The van der Waals surface area contributed by atoms with Gasteiger partial charge in [0.15, 0.2) is 6.04 Å². The van der Waals surface area contributed by atoms with E-state index in [2.05, 4.69) is 19.2 Å². The molecule has 0 heterocycles. The molecule has 12 heteroatoms. The molecule has 0 aromatic rings. The van der Waals surface area contributed by atoms with E-state index in [-0.39, 0.29) is 12.8 Å². The van der Waals surface area contributed by atoms with Crippen LogP contribution >= 0.6 is 7.82 Å². The fraction of sp³-hybridized carbons (Fsp3) is 0.938. The Bertz CT molecular complexity index is 1030. The summed E-state index contributed by atoms with van der Waals surface area (Å²) in [5, 5.41) is 21.9. The maximum absolute atomic E-state index is 12.3. The minimum atomic E-state index is -4.75. The summed E-state index contributed by atoms with van der Waals surface area (Å²) in [4.78, 5) is 46.0. The van der Waals surface area contributed by atoms with Crippen LogP contribution in [-0.4, -0.2) is 64.9 Å². The van der Waals surface area contributed by atoms with Crippen LogP contribution in [0.25, 0.3) is 0 Å². The van der Waals surface area contributed by atoms with Crippen molar-refractivity contribution < 1.29 is 47.8 Å². The lowest BCUT2D eigenvalue weighted by atomic mass is 10.0. The monoisotopic (exact) mass is 876 g/mol. The third-order valence-electron chi connectivity index (χ3n) is 11.4. The van der Waals surface area contributed by atoms with Gasteiger partial charge in [0.2, 0.25) is 5.91 Å². The Morgan fingerprint density at radius 3 is 1.10 bits per heavy atom. The standard InChI is InChI=1S/C48H94NO10P/c1-3-5-7-9-11-13-15-17-18-19-20-21-22-23-24-25-26-27-28-30-32-34-36-38-40-47(52)57-41-44(50)42-58-60(55,56)59-43-45(48(53)54)49-46(51)39-37-35-33-31-29-16-14-12-10-8-6-4-2/h44-45,50H,3-43H2,1-2H3,(H,49,51)(H,53,54)(H,55,56). The predicted molar refractivity (Wildman–Crippen MR) is 245 cm³/mol. The van der Waals surface area contributed by atoms with Gasteiger partial charge in [0.1, 0.15) is 12.7 Å². The summed E-state index contributed by atoms with van der Waals surface area (Å²) in [6, 6.07) is -1.54. The number of esters is 1. The van der Waals surface area contributed by atoms with Crippen LogP contribution in [-0.2, 0) is 32.7 Å². The van der Waals surface area contributed by atoms with Gasteiger partial charge in [-0.1, -0.05) is 232 Å². The van der Waals surface area contributed by atoms with Gasteiger partial charge in [-0.3, -0.25) is 18.6 Å². The smallest absolute Gasteiger partial charge is 0.472 e. The van der Waals surface area contributed by atoms with Gasteiger partial charge in [-0.25, -0.2) is 9.36 Å². The molecular formula is C48H94NO10P. The minimum absolute atomic E-state index is 0.152. The number of carbonyl (C=O) groups is 3. The zero-order chi connectivity index (χ0) is 44.2. The number of ether oxygens (including phenoxy) is 1. The van der Waals surface area contributed by atoms with Crippen LogP contribution < -0.4 is 5.32 Å². The van der Waals surface area contributed by atoms with Gasteiger partial charge in [-0.05, 0) is 12.8 Å². The van der Waals surface area contributed by atoms with E-state index in [1.807, 2.05) is 0 Å². The number of carbonyl (C=O) groups excluding carboxylic acids is 2. The summed E-state index contributed by atoms with van der Waals surface area (Å²) in [6.45, 7) is 2.63. The number of aliphatic hydroxyl groups excluding tert-OH is 1. The first-order chi connectivity index (χ1) is 29.1. The highest BCUT2D eigenvalue weighted by molar-refractivity contribution is 7.47. The summed E-state index contributed by atoms with van der Waals surface area (Å²) in [5.74, 6) is -2.35. The third-order valence-corrected chi connectivity index (χ3v) is 12.3. The van der Waals surface area contributed by atoms with Crippen molar-refractivity contribution >= 4 is 25.7 Å². The molecule has 0 fully saturated rings. The Balaban J connectivity index is 3.72. The fourth-order valence-corrected chi connectivity index (χ4v) is 8.27. The van der Waals surface area contributed by atoms with Crippen molar-refractivity contribution in [3.05, 3.63) is 0 Å². The van der Waals surface area contributed by atoms with Crippen LogP contribution in [0.15, 0.2) is 0 Å². The van der Waals surface area contributed by atoms with Crippen molar-refractivity contribution in [1.29, 1.82) is 0 Å². The number of nitrogens with one attached hydrogen (secondary N) is 1. The van der Waals surface area contributed by atoms with E-state index in [1.165, 1.54) is 180 Å². The van der Waals surface area contributed by atoms with E-state index in [0.717, 1.165) is 38.5 Å². The number of phosphoric acid groups is 1. The molecule has 0 rings (SSSR count). The van der Waals surface area contributed by atoms with Crippen molar-refractivity contribution in [2.24, 2.45) is 0 Å². The van der Waals surface area contributed by atoms with Crippen LogP contribution in [0.4, 0.5) is 0 Å². The summed E-state index contributed by atoms with van der Waals surface area (Å²) < 4.78 is 26.9. The van der Waals surface area contributed by atoms with Crippen molar-refractivity contribution in [3.8, 4) is 0 Å². The molecule has 3 unspecified atom stereocenters. The molecule has 0 aliphatic carbocycles. The molecule has 356 valence electrons. The molecule has 60 heavy (non-hydrogen) atoms. The van der Waals surface area contributed by atoms with E-state index >= 15 is 0 Å². The normalized spacial score (nSPS) is 13.5. The van der Waals surface area contributed by atoms with Crippen molar-refractivity contribution in [2.45, 2.75) is 270 Å².